The van der Waals surface area contributed by atoms with Crippen LogP contribution in [0.5, 0.6) is 0 Å². The van der Waals surface area contributed by atoms with Gasteiger partial charge in [0.15, 0.2) is 15.6 Å². The summed E-state index contributed by atoms with van der Waals surface area (Å²) in [4.78, 5) is 11.9. The highest BCUT2D eigenvalue weighted by Gasteiger charge is 2.34. The van der Waals surface area contributed by atoms with E-state index in [1.807, 2.05) is 5.38 Å². The van der Waals surface area contributed by atoms with Gasteiger partial charge in [0, 0.05) is 26.7 Å². The Morgan fingerprint density at radius 1 is 1.47 bits per heavy atom. The molecule has 0 spiro atoms. The van der Waals surface area contributed by atoms with Crippen molar-refractivity contribution in [3.63, 3.8) is 0 Å². The Kier molecular flexibility index (Phi) is 3.00. The highest BCUT2D eigenvalue weighted by Crippen LogP contribution is 2.28. The molecule has 1 fully saturated rings. The van der Waals surface area contributed by atoms with Crippen molar-refractivity contribution in [1.82, 2.24) is 0 Å². The number of thiophene rings is 1. The minimum absolute atomic E-state index is 0.00806. The van der Waals surface area contributed by atoms with Crippen molar-refractivity contribution in [1.29, 1.82) is 0 Å². The lowest BCUT2D eigenvalue weighted by Gasteiger charge is -2.04. The van der Waals surface area contributed by atoms with E-state index in [-0.39, 0.29) is 23.2 Å². The fourth-order valence-corrected chi connectivity index (χ4v) is 4.90. The normalized spacial score (nSPS) is 24.2. The maximum Gasteiger partial charge on any atom is 0.168 e. The van der Waals surface area contributed by atoms with Crippen LogP contribution in [-0.4, -0.2) is 25.7 Å². The summed E-state index contributed by atoms with van der Waals surface area (Å²) in [6.45, 7) is 0. The molecule has 1 atom stereocenters. The zero-order chi connectivity index (χ0) is 11.1. The standard InChI is InChI=1S/C9H9BrO3S2/c10-8-4-14-3-7(8)9(11)6-1-2-15(12,13)5-6/h3-4,6H,1-2,5H2. The number of halogens is 1. The van der Waals surface area contributed by atoms with Crippen molar-refractivity contribution >= 4 is 42.9 Å². The third kappa shape index (κ3) is 2.32. The van der Waals surface area contributed by atoms with Gasteiger partial charge in [-0.2, -0.15) is 11.3 Å². The van der Waals surface area contributed by atoms with Crippen molar-refractivity contribution < 1.29 is 13.2 Å². The molecule has 0 amide bonds. The Labute approximate surface area is 101 Å². The molecule has 0 bridgehead atoms. The molecule has 1 aromatic heterocycles. The van der Waals surface area contributed by atoms with Crippen LogP contribution >= 0.6 is 27.3 Å². The number of Topliss-reactive ketones (excluding diaryl/α,β-unsaturated/α-hetero) is 1. The zero-order valence-corrected chi connectivity index (χ0v) is 11.0. The van der Waals surface area contributed by atoms with E-state index in [0.29, 0.717) is 12.0 Å². The Morgan fingerprint density at radius 2 is 2.20 bits per heavy atom. The maximum absolute atomic E-state index is 11.9. The summed E-state index contributed by atoms with van der Waals surface area (Å²) in [6, 6.07) is 0. The molecule has 6 heteroatoms. The number of carbonyl (C=O) groups is 1. The Balaban J connectivity index is 2.21. The second kappa shape index (κ2) is 3.99. The van der Waals surface area contributed by atoms with Gasteiger partial charge in [-0.15, -0.1) is 0 Å². The van der Waals surface area contributed by atoms with E-state index in [9.17, 15) is 13.2 Å². The Hall–Kier alpha value is -0.200. The van der Waals surface area contributed by atoms with Crippen molar-refractivity contribution in [3.05, 3.63) is 20.8 Å². The fraction of sp³-hybridized carbons (Fsp3) is 0.444. The third-order valence-electron chi connectivity index (χ3n) is 2.48. The van der Waals surface area contributed by atoms with Gasteiger partial charge in [-0.05, 0) is 22.4 Å². The van der Waals surface area contributed by atoms with Gasteiger partial charge in [0.1, 0.15) is 0 Å². The summed E-state index contributed by atoms with van der Waals surface area (Å²) < 4.78 is 23.2. The predicted octanol–water partition coefficient (Wildman–Crippen LogP) is 2.13. The van der Waals surface area contributed by atoms with Gasteiger partial charge in [0.2, 0.25) is 0 Å². The molecule has 0 aliphatic carbocycles. The maximum atomic E-state index is 11.9. The Morgan fingerprint density at radius 3 is 2.67 bits per heavy atom. The number of hydrogen-bond acceptors (Lipinski definition) is 4. The third-order valence-corrected chi connectivity index (χ3v) is 5.95. The molecule has 1 saturated heterocycles. The quantitative estimate of drug-likeness (QED) is 0.786. The first-order valence-electron chi connectivity index (χ1n) is 4.46. The number of rotatable bonds is 2. The SMILES string of the molecule is O=C(c1cscc1Br)C1CCS(=O)(=O)C1. The van der Waals surface area contributed by atoms with Crippen LogP contribution in [0.1, 0.15) is 16.8 Å². The van der Waals surface area contributed by atoms with Gasteiger partial charge in [-0.3, -0.25) is 4.79 Å². The molecule has 0 aromatic carbocycles. The van der Waals surface area contributed by atoms with Gasteiger partial charge in [-0.1, -0.05) is 0 Å². The monoisotopic (exact) mass is 308 g/mol. The van der Waals surface area contributed by atoms with Crippen molar-refractivity contribution in [2.24, 2.45) is 5.92 Å². The molecule has 1 aromatic rings. The molecule has 2 rings (SSSR count). The minimum Gasteiger partial charge on any atom is -0.294 e. The van der Waals surface area contributed by atoms with E-state index < -0.39 is 9.84 Å². The first-order valence-corrected chi connectivity index (χ1v) is 8.01. The van der Waals surface area contributed by atoms with Gasteiger partial charge < -0.3 is 0 Å². The van der Waals surface area contributed by atoms with E-state index in [4.69, 9.17) is 0 Å². The molecule has 1 unspecified atom stereocenters. The zero-order valence-electron chi connectivity index (χ0n) is 7.77. The predicted molar refractivity (Wildman–Crippen MR) is 63.1 cm³/mol. The molecule has 15 heavy (non-hydrogen) atoms. The molecule has 0 saturated carbocycles. The lowest BCUT2D eigenvalue weighted by atomic mass is 9.99. The Bertz CT molecular complexity index is 489. The number of sulfone groups is 1. The van der Waals surface area contributed by atoms with Crippen LogP contribution < -0.4 is 0 Å². The van der Waals surface area contributed by atoms with Gasteiger partial charge >= 0.3 is 0 Å². The fourth-order valence-electron chi connectivity index (χ4n) is 1.68. The summed E-state index contributed by atoms with van der Waals surface area (Å²) in [5.41, 5.74) is 0.613. The van der Waals surface area contributed by atoms with Crippen LogP contribution in [-0.2, 0) is 9.84 Å². The van der Waals surface area contributed by atoms with Gasteiger partial charge in [0.25, 0.3) is 0 Å². The smallest absolute Gasteiger partial charge is 0.168 e. The molecule has 1 aliphatic rings. The molecule has 2 heterocycles. The number of hydrogen-bond donors (Lipinski definition) is 0. The number of ketones is 1. The summed E-state index contributed by atoms with van der Waals surface area (Å²) in [7, 11) is -2.98. The van der Waals surface area contributed by atoms with E-state index >= 15 is 0 Å². The molecule has 0 N–H and O–H groups in total. The molecular formula is C9H9BrO3S2. The topological polar surface area (TPSA) is 51.2 Å². The average Bonchev–Trinajstić information content (AvgIpc) is 2.71. The molecule has 0 radical (unpaired) electrons. The number of carbonyl (C=O) groups excluding carboxylic acids is 1. The van der Waals surface area contributed by atoms with E-state index in [2.05, 4.69) is 15.9 Å². The summed E-state index contributed by atoms with van der Waals surface area (Å²) >= 11 is 4.72. The summed E-state index contributed by atoms with van der Waals surface area (Å²) in [5, 5.41) is 3.59. The van der Waals surface area contributed by atoms with Crippen LogP contribution in [0.2, 0.25) is 0 Å². The van der Waals surface area contributed by atoms with Crippen LogP contribution in [0.25, 0.3) is 0 Å². The molecule has 1 aliphatic heterocycles. The second-order valence-electron chi connectivity index (χ2n) is 3.60. The van der Waals surface area contributed by atoms with Crippen LogP contribution in [0.15, 0.2) is 15.2 Å². The minimum atomic E-state index is -2.98. The average molecular weight is 309 g/mol. The van der Waals surface area contributed by atoms with Crippen LogP contribution in [0.4, 0.5) is 0 Å². The van der Waals surface area contributed by atoms with Crippen molar-refractivity contribution in [3.8, 4) is 0 Å². The van der Waals surface area contributed by atoms with E-state index in [1.165, 1.54) is 11.3 Å². The first-order chi connectivity index (χ1) is 6.99. The summed E-state index contributed by atoms with van der Waals surface area (Å²) in [6.07, 6.45) is 0.462. The molecule has 3 nitrogen and oxygen atoms in total. The molecular weight excluding hydrogens is 300 g/mol. The van der Waals surface area contributed by atoms with E-state index in [0.717, 1.165) is 4.47 Å². The lowest BCUT2D eigenvalue weighted by molar-refractivity contribution is 0.0933. The highest BCUT2D eigenvalue weighted by atomic mass is 79.9. The van der Waals surface area contributed by atoms with Crippen molar-refractivity contribution in [2.75, 3.05) is 11.5 Å². The highest BCUT2D eigenvalue weighted by molar-refractivity contribution is 9.10. The first kappa shape index (κ1) is 11.3. The second-order valence-corrected chi connectivity index (χ2v) is 7.42. The van der Waals surface area contributed by atoms with Crippen LogP contribution in [0, 0.1) is 5.92 Å². The van der Waals surface area contributed by atoms with Crippen LogP contribution in [0.3, 0.4) is 0 Å². The van der Waals surface area contributed by atoms with Gasteiger partial charge in [0.05, 0.1) is 11.5 Å². The van der Waals surface area contributed by atoms with E-state index in [1.54, 1.807) is 5.38 Å². The summed E-state index contributed by atoms with van der Waals surface area (Å²) in [5.74, 6) is -0.246. The van der Waals surface area contributed by atoms with Crippen molar-refractivity contribution in [2.45, 2.75) is 6.42 Å². The lowest BCUT2D eigenvalue weighted by Crippen LogP contribution is -2.15. The largest absolute Gasteiger partial charge is 0.294 e. The molecule has 82 valence electrons. The van der Waals surface area contributed by atoms with Gasteiger partial charge in [-0.25, -0.2) is 8.42 Å².